The van der Waals surface area contributed by atoms with Crippen molar-refractivity contribution >= 4 is 43.0 Å². The minimum Gasteiger partial charge on any atom is -0.494 e. The van der Waals surface area contributed by atoms with Gasteiger partial charge in [-0.25, -0.2) is 16.8 Å². The molecule has 0 saturated heterocycles. The molecule has 0 aromatic heterocycles. The van der Waals surface area contributed by atoms with Crippen molar-refractivity contribution in [3.05, 3.63) is 77.3 Å². The minimum atomic E-state index is -3.86. The van der Waals surface area contributed by atoms with Crippen LogP contribution in [-0.2, 0) is 26.5 Å². The van der Waals surface area contributed by atoms with Crippen molar-refractivity contribution in [1.82, 2.24) is 0 Å². The number of rotatable bonds is 7. The maximum absolute atomic E-state index is 13.1. The lowest BCUT2D eigenvalue weighted by molar-refractivity contribution is 0.340. The van der Waals surface area contributed by atoms with Crippen molar-refractivity contribution < 1.29 is 21.6 Å². The van der Waals surface area contributed by atoms with Gasteiger partial charge in [0, 0.05) is 11.6 Å². The molecule has 0 radical (unpaired) electrons. The van der Waals surface area contributed by atoms with Gasteiger partial charge in [0.15, 0.2) is 0 Å². The number of benzene rings is 3. The molecule has 4 rings (SSSR count). The van der Waals surface area contributed by atoms with Gasteiger partial charge in [0.05, 0.1) is 27.8 Å². The third-order valence-electron chi connectivity index (χ3n) is 5.04. The summed E-state index contributed by atoms with van der Waals surface area (Å²) < 4.78 is 61.1. The zero-order valence-corrected chi connectivity index (χ0v) is 19.5. The van der Waals surface area contributed by atoms with Crippen molar-refractivity contribution in [2.24, 2.45) is 0 Å². The van der Waals surface area contributed by atoms with E-state index in [1.54, 1.807) is 30.3 Å². The Morgan fingerprint density at radius 2 is 1.59 bits per heavy atom. The summed E-state index contributed by atoms with van der Waals surface area (Å²) >= 11 is 5.88. The van der Waals surface area contributed by atoms with E-state index in [0.29, 0.717) is 29.5 Å². The summed E-state index contributed by atoms with van der Waals surface area (Å²) in [5.74, 6) is 0.576. The number of hydrogen-bond acceptors (Lipinski definition) is 5. The predicted molar refractivity (Wildman–Crippen MR) is 125 cm³/mol. The van der Waals surface area contributed by atoms with E-state index >= 15 is 0 Å². The van der Waals surface area contributed by atoms with E-state index in [-0.39, 0.29) is 22.0 Å². The Morgan fingerprint density at radius 1 is 0.938 bits per heavy atom. The molecule has 3 aromatic rings. The summed E-state index contributed by atoms with van der Waals surface area (Å²) in [5, 5.41) is 0.441. The van der Waals surface area contributed by atoms with Crippen LogP contribution < -0.4 is 13.8 Å². The first kappa shape index (κ1) is 22.4. The van der Waals surface area contributed by atoms with Crippen LogP contribution in [0.1, 0.15) is 12.5 Å². The summed E-state index contributed by atoms with van der Waals surface area (Å²) in [6.45, 7) is 2.60. The molecule has 0 unspecified atom stereocenters. The standard InChI is InChI=1S/C22H21ClN2O5S2/c1-2-30-19-7-11-20(12-8-19)31(26,27)24-18-6-3-16-13-14-25(22(16)15-18)32(28,29)21-9-4-17(23)5-10-21/h3-12,15,24H,2,13-14H2,1H3. The van der Waals surface area contributed by atoms with Crippen LogP contribution >= 0.6 is 11.6 Å². The van der Waals surface area contributed by atoms with Gasteiger partial charge < -0.3 is 4.74 Å². The fourth-order valence-electron chi connectivity index (χ4n) is 3.49. The first-order valence-corrected chi connectivity index (χ1v) is 13.2. The lowest BCUT2D eigenvalue weighted by Crippen LogP contribution is -2.29. The van der Waals surface area contributed by atoms with E-state index in [0.717, 1.165) is 5.56 Å². The zero-order chi connectivity index (χ0) is 22.9. The fourth-order valence-corrected chi connectivity index (χ4v) is 6.16. The SMILES string of the molecule is CCOc1ccc(S(=O)(=O)Nc2ccc3c(c2)N(S(=O)(=O)c2ccc(Cl)cc2)CC3)cc1. The molecule has 0 bridgehead atoms. The highest BCUT2D eigenvalue weighted by atomic mass is 35.5. The van der Waals surface area contributed by atoms with Gasteiger partial charge in [-0.3, -0.25) is 9.03 Å². The van der Waals surface area contributed by atoms with Gasteiger partial charge in [-0.05, 0) is 79.6 Å². The second-order valence-electron chi connectivity index (χ2n) is 7.13. The van der Waals surface area contributed by atoms with E-state index in [2.05, 4.69) is 4.72 Å². The fraction of sp³-hybridized carbons (Fsp3) is 0.182. The maximum Gasteiger partial charge on any atom is 0.264 e. The summed E-state index contributed by atoms with van der Waals surface area (Å²) in [7, 11) is -7.67. The molecule has 0 atom stereocenters. The number of nitrogens with zero attached hydrogens (tertiary/aromatic N) is 1. The van der Waals surface area contributed by atoms with Crippen molar-refractivity contribution in [1.29, 1.82) is 0 Å². The normalized spacial score (nSPS) is 13.6. The van der Waals surface area contributed by atoms with Crippen LogP contribution in [0.5, 0.6) is 5.75 Å². The Kier molecular flexibility index (Phi) is 6.07. The second kappa shape index (κ2) is 8.65. The van der Waals surface area contributed by atoms with E-state index in [1.165, 1.54) is 40.7 Å². The van der Waals surface area contributed by atoms with Gasteiger partial charge >= 0.3 is 0 Å². The predicted octanol–water partition coefficient (Wildman–Crippen LogP) is 4.29. The van der Waals surface area contributed by atoms with Gasteiger partial charge in [0.1, 0.15) is 5.75 Å². The molecule has 1 aliphatic heterocycles. The Bertz CT molecular complexity index is 1340. The van der Waals surface area contributed by atoms with Crippen LogP contribution in [0.2, 0.25) is 5.02 Å². The van der Waals surface area contributed by atoms with Crippen LogP contribution in [0.15, 0.2) is 76.5 Å². The molecule has 1 N–H and O–H groups in total. The van der Waals surface area contributed by atoms with Gasteiger partial charge in [-0.1, -0.05) is 17.7 Å². The first-order valence-electron chi connectivity index (χ1n) is 9.87. The van der Waals surface area contributed by atoms with Crippen molar-refractivity contribution in [2.75, 3.05) is 22.2 Å². The van der Waals surface area contributed by atoms with Crippen LogP contribution in [0.4, 0.5) is 11.4 Å². The average molecular weight is 493 g/mol. The molecule has 3 aromatic carbocycles. The van der Waals surface area contributed by atoms with Gasteiger partial charge in [0.25, 0.3) is 20.0 Å². The molecule has 32 heavy (non-hydrogen) atoms. The molecule has 0 saturated carbocycles. The molecule has 0 fully saturated rings. The first-order chi connectivity index (χ1) is 15.2. The Morgan fingerprint density at radius 3 is 2.25 bits per heavy atom. The van der Waals surface area contributed by atoms with Gasteiger partial charge in [-0.15, -0.1) is 0 Å². The number of ether oxygens (including phenoxy) is 1. The molecule has 0 spiro atoms. The minimum absolute atomic E-state index is 0.0760. The molecule has 1 aliphatic rings. The summed E-state index contributed by atoms with van der Waals surface area (Å²) in [4.78, 5) is 0.196. The lowest BCUT2D eigenvalue weighted by atomic mass is 10.1. The lowest BCUT2D eigenvalue weighted by Gasteiger charge is -2.20. The van der Waals surface area contributed by atoms with E-state index in [1.807, 2.05) is 6.92 Å². The molecule has 0 amide bonds. The van der Waals surface area contributed by atoms with Crippen LogP contribution in [-0.4, -0.2) is 30.0 Å². The summed E-state index contributed by atoms with van der Waals surface area (Å²) in [5.41, 5.74) is 1.55. The number of fused-ring (bicyclic) bond motifs is 1. The van der Waals surface area contributed by atoms with Crippen LogP contribution in [0.3, 0.4) is 0 Å². The quantitative estimate of drug-likeness (QED) is 0.531. The molecule has 168 valence electrons. The summed E-state index contributed by atoms with van der Waals surface area (Å²) in [6.07, 6.45) is 0.536. The van der Waals surface area contributed by atoms with Crippen molar-refractivity contribution in [3.63, 3.8) is 0 Å². The topological polar surface area (TPSA) is 92.8 Å². The highest BCUT2D eigenvalue weighted by molar-refractivity contribution is 7.93. The summed E-state index contributed by atoms with van der Waals surface area (Å²) in [6, 6.07) is 16.9. The Balaban J connectivity index is 1.62. The monoisotopic (exact) mass is 492 g/mol. The van der Waals surface area contributed by atoms with Crippen molar-refractivity contribution in [3.8, 4) is 5.75 Å². The number of hydrogen-bond donors (Lipinski definition) is 1. The highest BCUT2D eigenvalue weighted by Crippen LogP contribution is 2.35. The number of anilines is 2. The van der Waals surface area contributed by atoms with Crippen LogP contribution in [0, 0.1) is 0 Å². The largest absolute Gasteiger partial charge is 0.494 e. The Hall–Kier alpha value is -2.75. The third kappa shape index (κ3) is 4.41. The second-order valence-corrected chi connectivity index (χ2v) is 11.1. The third-order valence-corrected chi connectivity index (χ3v) is 8.51. The molecule has 0 aliphatic carbocycles. The molecule has 1 heterocycles. The highest BCUT2D eigenvalue weighted by Gasteiger charge is 2.31. The molecular formula is C22H21ClN2O5S2. The zero-order valence-electron chi connectivity index (χ0n) is 17.2. The Labute approximate surface area is 192 Å². The van der Waals surface area contributed by atoms with E-state index in [9.17, 15) is 16.8 Å². The molecular weight excluding hydrogens is 472 g/mol. The molecule has 10 heteroatoms. The number of halogens is 1. The maximum atomic E-state index is 13.1. The van der Waals surface area contributed by atoms with Gasteiger partial charge in [-0.2, -0.15) is 0 Å². The average Bonchev–Trinajstić information content (AvgIpc) is 3.18. The van der Waals surface area contributed by atoms with Crippen molar-refractivity contribution in [2.45, 2.75) is 23.1 Å². The number of nitrogens with one attached hydrogen (secondary N) is 1. The number of sulfonamides is 2. The van der Waals surface area contributed by atoms with Gasteiger partial charge in [0.2, 0.25) is 0 Å². The smallest absolute Gasteiger partial charge is 0.264 e. The molecule has 7 nitrogen and oxygen atoms in total. The van der Waals surface area contributed by atoms with Crippen LogP contribution in [0.25, 0.3) is 0 Å². The van der Waals surface area contributed by atoms with E-state index in [4.69, 9.17) is 16.3 Å². The van der Waals surface area contributed by atoms with E-state index < -0.39 is 20.0 Å².